The molecule has 1 N–H and O–H groups in total. The summed E-state index contributed by atoms with van der Waals surface area (Å²) in [6, 6.07) is 13.3. The van der Waals surface area contributed by atoms with E-state index in [4.69, 9.17) is 6.57 Å². The molecule has 3 aromatic rings. The van der Waals surface area contributed by atoms with Gasteiger partial charge in [-0.3, -0.25) is 4.79 Å². The number of hydrogen-bond acceptors (Lipinski definition) is 2. The number of nitrogens with one attached hydrogen (secondary N) is 1. The number of carbonyl (C=O) groups is 1. The quantitative estimate of drug-likeness (QED) is 0.300. The molecule has 4 rings (SSSR count). The lowest BCUT2D eigenvalue weighted by Crippen LogP contribution is -2.18. The van der Waals surface area contributed by atoms with Crippen molar-refractivity contribution >= 4 is 33.2 Å². The summed E-state index contributed by atoms with van der Waals surface area (Å²) in [7, 11) is 0. The first-order valence-corrected chi connectivity index (χ1v) is 11.2. The van der Waals surface area contributed by atoms with Crippen molar-refractivity contribution < 1.29 is 9.18 Å². The third-order valence-corrected chi connectivity index (χ3v) is 6.38. The zero-order valence-corrected chi connectivity index (χ0v) is 18.7. The number of carbonyl (C=O) groups excluding carboxylic acids is 1. The van der Waals surface area contributed by atoms with Crippen LogP contribution in [0.3, 0.4) is 0 Å². The third-order valence-electron chi connectivity index (χ3n) is 5.39. The number of aryl methyl sites for hydroxylation is 1. The fraction of sp³-hybridized carbons (Fsp3) is 0.292. The molecule has 1 heterocycles. The van der Waals surface area contributed by atoms with Crippen LogP contribution in [0, 0.1) is 25.2 Å². The largest absolute Gasteiger partial charge is 0.318 e. The molecule has 1 unspecified atom stereocenters. The second-order valence-electron chi connectivity index (χ2n) is 7.90. The molecule has 0 saturated heterocycles. The van der Waals surface area contributed by atoms with E-state index in [1.54, 1.807) is 49.4 Å². The smallest absolute Gasteiger partial charge is 0.274 e. The number of nitrogens with zero attached hydrogens (tertiary/aromatic N) is 3. The van der Waals surface area contributed by atoms with Crippen LogP contribution in [0.15, 0.2) is 48.5 Å². The summed E-state index contributed by atoms with van der Waals surface area (Å²) in [5.74, 6) is -0.129. The highest BCUT2D eigenvalue weighted by molar-refractivity contribution is 9.09. The van der Waals surface area contributed by atoms with Crippen LogP contribution in [0.2, 0.25) is 0 Å². The van der Waals surface area contributed by atoms with E-state index < -0.39 is 11.7 Å². The summed E-state index contributed by atoms with van der Waals surface area (Å²) >= 11 is 3.70. The lowest BCUT2D eigenvalue weighted by Gasteiger charge is -2.14. The first-order chi connectivity index (χ1) is 14.9. The van der Waals surface area contributed by atoms with Gasteiger partial charge in [-0.15, -0.1) is 0 Å². The minimum atomic E-state index is -0.489. The minimum Gasteiger partial charge on any atom is -0.318 e. The molecule has 1 aromatic heterocycles. The van der Waals surface area contributed by atoms with Crippen LogP contribution in [0.5, 0.6) is 0 Å². The highest BCUT2D eigenvalue weighted by Gasteiger charge is 2.23. The molecule has 158 valence electrons. The molecule has 1 saturated carbocycles. The Morgan fingerprint density at radius 3 is 2.87 bits per heavy atom. The zero-order valence-electron chi connectivity index (χ0n) is 17.1. The molecule has 1 aliphatic carbocycles. The number of aromatic nitrogens is 2. The van der Waals surface area contributed by atoms with Gasteiger partial charge in [-0.25, -0.2) is 13.9 Å². The number of benzene rings is 2. The second-order valence-corrected chi connectivity index (χ2v) is 9.00. The molecule has 0 spiro atoms. The van der Waals surface area contributed by atoms with Gasteiger partial charge in [0.1, 0.15) is 11.5 Å². The van der Waals surface area contributed by atoms with Crippen LogP contribution in [0.4, 0.5) is 15.8 Å². The van der Waals surface area contributed by atoms with Gasteiger partial charge >= 0.3 is 0 Å². The normalized spacial score (nSPS) is 14.1. The monoisotopic (exact) mass is 480 g/mol. The van der Waals surface area contributed by atoms with Crippen LogP contribution in [-0.4, -0.2) is 15.7 Å². The van der Waals surface area contributed by atoms with Gasteiger partial charge in [0.25, 0.3) is 5.91 Å². The van der Waals surface area contributed by atoms with Gasteiger partial charge in [0.05, 0.1) is 23.6 Å². The van der Waals surface area contributed by atoms with Crippen LogP contribution < -0.4 is 5.32 Å². The number of rotatable bonds is 7. The summed E-state index contributed by atoms with van der Waals surface area (Å²) in [4.78, 5) is 16.6. The average Bonchev–Trinajstić information content (AvgIpc) is 3.52. The number of halogens is 2. The van der Waals surface area contributed by atoms with Crippen molar-refractivity contribution in [1.29, 1.82) is 0 Å². The molecular formula is C24H22BrFN4O. The van der Waals surface area contributed by atoms with E-state index in [-0.39, 0.29) is 16.2 Å². The Morgan fingerprint density at radius 2 is 2.13 bits per heavy atom. The minimum absolute atomic E-state index is 0.119. The van der Waals surface area contributed by atoms with Crippen molar-refractivity contribution in [2.45, 2.75) is 37.4 Å². The molecule has 0 bridgehead atoms. The maximum atomic E-state index is 14.5. The molecule has 1 amide bonds. The van der Waals surface area contributed by atoms with E-state index in [9.17, 15) is 9.18 Å². The van der Waals surface area contributed by atoms with Gasteiger partial charge in [0.2, 0.25) is 0 Å². The van der Waals surface area contributed by atoms with E-state index in [0.717, 1.165) is 24.3 Å². The van der Waals surface area contributed by atoms with Crippen molar-refractivity contribution in [1.82, 2.24) is 9.78 Å². The van der Waals surface area contributed by atoms with Crippen LogP contribution in [-0.2, 0) is 0 Å². The standard InChI is InChI=1S/C24H22BrFN4O/c1-15-12-23(30(29-15)19-5-3-4-18(14-19)27-2)24(31)28-22-13-17(9-11-21(22)26)20(25)10-8-16-6-7-16/h3-5,9,11-14,16,20H,6-8,10H2,1H3,(H,28,31). The third kappa shape index (κ3) is 5.02. The highest BCUT2D eigenvalue weighted by Crippen LogP contribution is 2.39. The second kappa shape index (κ2) is 9.03. The fourth-order valence-electron chi connectivity index (χ4n) is 3.53. The highest BCUT2D eigenvalue weighted by atomic mass is 79.9. The molecule has 7 heteroatoms. The van der Waals surface area contributed by atoms with E-state index in [2.05, 4.69) is 31.2 Å². The number of hydrogen-bond donors (Lipinski definition) is 1. The average molecular weight is 481 g/mol. The molecule has 0 radical (unpaired) electrons. The molecule has 31 heavy (non-hydrogen) atoms. The van der Waals surface area contributed by atoms with E-state index >= 15 is 0 Å². The van der Waals surface area contributed by atoms with Gasteiger partial charge < -0.3 is 5.32 Å². The summed E-state index contributed by atoms with van der Waals surface area (Å²) in [6.45, 7) is 8.98. The first-order valence-electron chi connectivity index (χ1n) is 10.2. The molecule has 2 aromatic carbocycles. The van der Waals surface area contributed by atoms with Gasteiger partial charge in [-0.1, -0.05) is 47.0 Å². The zero-order chi connectivity index (χ0) is 22.0. The molecular weight excluding hydrogens is 459 g/mol. The first kappa shape index (κ1) is 21.3. The maximum absolute atomic E-state index is 14.5. The van der Waals surface area contributed by atoms with Gasteiger partial charge in [-0.2, -0.15) is 5.10 Å². The SMILES string of the molecule is [C-]#[N+]c1cccc(-n2nc(C)cc2C(=O)Nc2cc(C(Br)CCC3CC3)ccc2F)c1. The topological polar surface area (TPSA) is 51.3 Å². The Hall–Kier alpha value is -2.98. The summed E-state index contributed by atoms with van der Waals surface area (Å²) in [5.41, 5.74) is 3.04. The molecule has 1 aliphatic rings. The Balaban J connectivity index is 1.57. The molecule has 0 aliphatic heterocycles. The summed E-state index contributed by atoms with van der Waals surface area (Å²) in [6.07, 6.45) is 4.73. The Bertz CT molecular complexity index is 1160. The van der Waals surface area contributed by atoms with Crippen molar-refractivity contribution in [3.05, 3.63) is 82.7 Å². The maximum Gasteiger partial charge on any atom is 0.274 e. The van der Waals surface area contributed by atoms with Crippen molar-refractivity contribution in [2.75, 3.05) is 5.32 Å². The van der Waals surface area contributed by atoms with Gasteiger partial charge in [0.15, 0.2) is 5.69 Å². The van der Waals surface area contributed by atoms with E-state index in [1.165, 1.54) is 23.6 Å². The molecule has 1 fully saturated rings. The number of amides is 1. The van der Waals surface area contributed by atoms with Gasteiger partial charge in [-0.05, 0) is 61.6 Å². The van der Waals surface area contributed by atoms with Crippen LogP contribution >= 0.6 is 15.9 Å². The van der Waals surface area contributed by atoms with E-state index in [1.807, 2.05) is 0 Å². The molecule has 1 atom stereocenters. The van der Waals surface area contributed by atoms with Crippen LogP contribution in [0.1, 0.15) is 52.3 Å². The number of anilines is 1. The Kier molecular flexibility index (Phi) is 6.19. The lowest BCUT2D eigenvalue weighted by atomic mass is 10.1. The fourth-order valence-corrected chi connectivity index (χ4v) is 4.08. The molecule has 5 nitrogen and oxygen atoms in total. The van der Waals surface area contributed by atoms with Crippen molar-refractivity contribution in [2.24, 2.45) is 5.92 Å². The predicted octanol–water partition coefficient (Wildman–Crippen LogP) is 6.75. The number of alkyl halides is 1. The lowest BCUT2D eigenvalue weighted by molar-refractivity contribution is 0.101. The summed E-state index contributed by atoms with van der Waals surface area (Å²) in [5, 5.41) is 7.08. The van der Waals surface area contributed by atoms with Crippen molar-refractivity contribution in [3.63, 3.8) is 0 Å². The van der Waals surface area contributed by atoms with Crippen molar-refractivity contribution in [3.8, 4) is 5.69 Å². The summed E-state index contributed by atoms with van der Waals surface area (Å²) < 4.78 is 16.0. The van der Waals surface area contributed by atoms with Crippen LogP contribution in [0.25, 0.3) is 10.5 Å². The Morgan fingerprint density at radius 1 is 1.32 bits per heavy atom. The van der Waals surface area contributed by atoms with E-state index in [0.29, 0.717) is 17.1 Å². The predicted molar refractivity (Wildman–Crippen MR) is 123 cm³/mol. The Labute approximate surface area is 189 Å². The van der Waals surface area contributed by atoms with Gasteiger partial charge in [0, 0.05) is 4.83 Å².